The number of carbonyl (C=O) groups excluding carboxylic acids is 1. The molecule has 1 aromatic carbocycles. The Balaban J connectivity index is 1.74. The quantitative estimate of drug-likeness (QED) is 0.903. The van der Waals surface area contributed by atoms with Gasteiger partial charge < -0.3 is 15.0 Å². The molecule has 1 aliphatic heterocycles. The summed E-state index contributed by atoms with van der Waals surface area (Å²) in [6, 6.07) is 7.71. The third-order valence-electron chi connectivity index (χ3n) is 3.89. The maximum absolute atomic E-state index is 12.6. The van der Waals surface area contributed by atoms with Crippen molar-refractivity contribution in [3.05, 3.63) is 47.3 Å². The average Bonchev–Trinajstić information content (AvgIpc) is 3.07. The Morgan fingerprint density at radius 1 is 1.36 bits per heavy atom. The van der Waals surface area contributed by atoms with Gasteiger partial charge in [-0.05, 0) is 30.7 Å². The largest absolute Gasteiger partial charge is 0.379 e. The maximum Gasteiger partial charge on any atom is 0.254 e. The van der Waals surface area contributed by atoms with Crippen molar-refractivity contribution < 1.29 is 9.53 Å². The van der Waals surface area contributed by atoms with E-state index in [9.17, 15) is 4.79 Å². The normalized spacial score (nSPS) is 14.9. The van der Waals surface area contributed by atoms with Gasteiger partial charge in [0.05, 0.1) is 25.5 Å². The smallest absolute Gasteiger partial charge is 0.254 e. The molecule has 0 unspecified atom stereocenters. The van der Waals surface area contributed by atoms with Crippen LogP contribution in [-0.4, -0.2) is 47.3 Å². The molecule has 1 aliphatic rings. The van der Waals surface area contributed by atoms with Crippen LogP contribution in [0.5, 0.6) is 0 Å². The van der Waals surface area contributed by atoms with Crippen molar-refractivity contribution in [2.24, 2.45) is 0 Å². The van der Waals surface area contributed by atoms with E-state index < -0.39 is 0 Å². The fraction of sp³-hybridized carbons (Fsp3) is 0.375. The van der Waals surface area contributed by atoms with Crippen LogP contribution in [0.2, 0.25) is 0 Å². The number of aromatic nitrogens is 2. The number of benzene rings is 1. The van der Waals surface area contributed by atoms with E-state index in [1.165, 1.54) is 0 Å². The van der Waals surface area contributed by atoms with E-state index in [1.54, 1.807) is 6.20 Å². The lowest BCUT2D eigenvalue weighted by Crippen LogP contribution is -2.41. The van der Waals surface area contributed by atoms with E-state index in [2.05, 4.69) is 15.5 Å². The fourth-order valence-electron chi connectivity index (χ4n) is 2.57. The monoisotopic (exact) mass is 300 g/mol. The number of morpholine rings is 1. The summed E-state index contributed by atoms with van der Waals surface area (Å²) in [4.78, 5) is 14.5. The first-order valence-corrected chi connectivity index (χ1v) is 7.44. The van der Waals surface area contributed by atoms with Crippen LogP contribution in [0.1, 0.15) is 21.6 Å². The van der Waals surface area contributed by atoms with Gasteiger partial charge in [-0.2, -0.15) is 5.10 Å². The predicted molar refractivity (Wildman–Crippen MR) is 83.8 cm³/mol. The first-order chi connectivity index (χ1) is 10.8. The molecule has 6 nitrogen and oxygen atoms in total. The van der Waals surface area contributed by atoms with Crippen molar-refractivity contribution in [3.8, 4) is 0 Å². The van der Waals surface area contributed by atoms with Crippen LogP contribution in [0, 0.1) is 6.92 Å². The first-order valence-electron chi connectivity index (χ1n) is 7.44. The molecular formula is C16H20N4O2. The molecular weight excluding hydrogens is 280 g/mol. The molecule has 0 radical (unpaired) electrons. The van der Waals surface area contributed by atoms with Gasteiger partial charge in [-0.1, -0.05) is 6.07 Å². The van der Waals surface area contributed by atoms with E-state index in [1.807, 2.05) is 36.1 Å². The Kier molecular flexibility index (Phi) is 4.39. The van der Waals surface area contributed by atoms with Crippen LogP contribution in [-0.2, 0) is 11.3 Å². The molecule has 1 amide bonds. The Labute approximate surface area is 129 Å². The predicted octanol–water partition coefficient (Wildman–Crippen LogP) is 1.80. The van der Waals surface area contributed by atoms with Gasteiger partial charge in [0.25, 0.3) is 5.91 Å². The molecule has 0 saturated carbocycles. The molecule has 6 heteroatoms. The zero-order valence-electron chi connectivity index (χ0n) is 12.6. The second-order valence-electron chi connectivity index (χ2n) is 5.32. The first kappa shape index (κ1) is 14.6. The lowest BCUT2D eigenvalue weighted by atomic mass is 10.0. The summed E-state index contributed by atoms with van der Waals surface area (Å²) in [5.41, 5.74) is 3.69. The van der Waals surface area contributed by atoms with Gasteiger partial charge in [0.15, 0.2) is 0 Å². The molecule has 2 heterocycles. The summed E-state index contributed by atoms with van der Waals surface area (Å²) in [7, 11) is 0. The molecule has 0 spiro atoms. The number of ether oxygens (including phenoxy) is 1. The van der Waals surface area contributed by atoms with E-state index in [0.717, 1.165) is 22.5 Å². The molecule has 3 rings (SSSR count). The highest BCUT2D eigenvalue weighted by Gasteiger charge is 2.20. The number of rotatable bonds is 4. The Morgan fingerprint density at radius 3 is 2.91 bits per heavy atom. The van der Waals surface area contributed by atoms with Crippen molar-refractivity contribution in [2.75, 3.05) is 31.6 Å². The fourth-order valence-corrected chi connectivity index (χ4v) is 2.57. The number of amides is 1. The zero-order valence-corrected chi connectivity index (χ0v) is 12.6. The summed E-state index contributed by atoms with van der Waals surface area (Å²) in [5.74, 6) is 0.0750. The number of nitrogens with zero attached hydrogens (tertiary/aromatic N) is 2. The van der Waals surface area contributed by atoms with E-state index >= 15 is 0 Å². The molecule has 2 N–H and O–H groups in total. The van der Waals surface area contributed by atoms with Gasteiger partial charge in [0.1, 0.15) is 0 Å². The summed E-state index contributed by atoms with van der Waals surface area (Å²) in [5, 5.41) is 10.2. The highest BCUT2D eigenvalue weighted by Crippen LogP contribution is 2.21. The second kappa shape index (κ2) is 6.62. The van der Waals surface area contributed by atoms with Crippen molar-refractivity contribution >= 4 is 11.6 Å². The highest BCUT2D eigenvalue weighted by atomic mass is 16.5. The average molecular weight is 300 g/mol. The molecule has 22 heavy (non-hydrogen) atoms. The van der Waals surface area contributed by atoms with Crippen LogP contribution in [0.4, 0.5) is 5.69 Å². The molecule has 2 aromatic rings. The van der Waals surface area contributed by atoms with Crippen molar-refractivity contribution in [3.63, 3.8) is 0 Å². The van der Waals surface area contributed by atoms with Gasteiger partial charge in [-0.15, -0.1) is 0 Å². The lowest BCUT2D eigenvalue weighted by molar-refractivity contribution is 0.0302. The van der Waals surface area contributed by atoms with Gasteiger partial charge in [-0.3, -0.25) is 9.89 Å². The number of aromatic amines is 1. The van der Waals surface area contributed by atoms with Gasteiger partial charge in [-0.25, -0.2) is 0 Å². The summed E-state index contributed by atoms with van der Waals surface area (Å²) >= 11 is 0. The third kappa shape index (κ3) is 3.12. The lowest BCUT2D eigenvalue weighted by Gasteiger charge is -2.27. The van der Waals surface area contributed by atoms with E-state index in [0.29, 0.717) is 32.8 Å². The number of nitrogens with one attached hydrogen (secondary N) is 2. The Morgan fingerprint density at radius 2 is 2.18 bits per heavy atom. The zero-order chi connectivity index (χ0) is 15.4. The maximum atomic E-state index is 12.6. The molecule has 116 valence electrons. The SMILES string of the molecule is Cc1c(NCc2ccn[nH]2)cccc1C(=O)N1CCOCC1. The minimum absolute atomic E-state index is 0.0750. The number of hydrogen-bond acceptors (Lipinski definition) is 4. The van der Waals surface area contributed by atoms with Crippen molar-refractivity contribution in [1.29, 1.82) is 0 Å². The summed E-state index contributed by atoms with van der Waals surface area (Å²) in [6.07, 6.45) is 1.72. The highest BCUT2D eigenvalue weighted by molar-refractivity contribution is 5.97. The number of H-pyrrole nitrogens is 1. The topological polar surface area (TPSA) is 70.2 Å². The molecule has 0 atom stereocenters. The van der Waals surface area contributed by atoms with Gasteiger partial charge in [0, 0.05) is 30.5 Å². The number of anilines is 1. The number of hydrogen-bond donors (Lipinski definition) is 2. The minimum atomic E-state index is 0.0750. The standard InChI is InChI=1S/C16H20N4O2/c1-12-14(16(21)20-7-9-22-10-8-20)3-2-4-15(12)17-11-13-5-6-18-19-13/h2-6,17H,7-11H2,1H3,(H,18,19). The van der Waals surface area contributed by atoms with Crippen LogP contribution >= 0.6 is 0 Å². The van der Waals surface area contributed by atoms with E-state index in [-0.39, 0.29) is 5.91 Å². The summed E-state index contributed by atoms with van der Waals surface area (Å²) in [6.45, 7) is 5.16. The molecule has 1 aromatic heterocycles. The van der Waals surface area contributed by atoms with Crippen LogP contribution in [0.25, 0.3) is 0 Å². The number of carbonyl (C=O) groups is 1. The van der Waals surface area contributed by atoms with Gasteiger partial charge >= 0.3 is 0 Å². The summed E-state index contributed by atoms with van der Waals surface area (Å²) < 4.78 is 5.30. The molecule has 0 bridgehead atoms. The molecule has 0 aliphatic carbocycles. The van der Waals surface area contributed by atoms with Gasteiger partial charge in [0.2, 0.25) is 0 Å². The molecule has 1 fully saturated rings. The van der Waals surface area contributed by atoms with Crippen molar-refractivity contribution in [2.45, 2.75) is 13.5 Å². The van der Waals surface area contributed by atoms with E-state index in [4.69, 9.17) is 4.74 Å². The van der Waals surface area contributed by atoms with Crippen molar-refractivity contribution in [1.82, 2.24) is 15.1 Å². The minimum Gasteiger partial charge on any atom is -0.379 e. The Bertz CT molecular complexity index is 634. The Hall–Kier alpha value is -2.34. The van der Waals surface area contributed by atoms with Crippen LogP contribution in [0.3, 0.4) is 0 Å². The second-order valence-corrected chi connectivity index (χ2v) is 5.32. The third-order valence-corrected chi connectivity index (χ3v) is 3.89. The molecule has 1 saturated heterocycles. The van der Waals surface area contributed by atoms with Crippen LogP contribution in [0.15, 0.2) is 30.5 Å². The van der Waals surface area contributed by atoms with Crippen LogP contribution < -0.4 is 5.32 Å².